The Hall–Kier alpha value is -0.100. The molecule has 6 heteroatoms. The first-order valence-corrected chi connectivity index (χ1v) is 9.77. The van der Waals surface area contributed by atoms with Crippen LogP contribution in [0, 0.1) is 5.41 Å². The van der Waals surface area contributed by atoms with Crippen LogP contribution in [0.2, 0.25) is 5.02 Å². The van der Waals surface area contributed by atoms with Crippen LogP contribution in [0.4, 0.5) is 0 Å². The predicted octanol–water partition coefficient (Wildman–Crippen LogP) is 3.96. The first-order chi connectivity index (χ1) is 9.47. The van der Waals surface area contributed by atoms with E-state index in [-0.39, 0.29) is 10.3 Å². The van der Waals surface area contributed by atoms with Crippen molar-refractivity contribution in [2.75, 3.05) is 11.9 Å². The van der Waals surface area contributed by atoms with Crippen LogP contribution in [-0.4, -0.2) is 20.3 Å². The predicted molar refractivity (Wildman–Crippen MR) is 86.0 cm³/mol. The molecule has 0 unspecified atom stereocenters. The number of halogens is 2. The number of hydrogen-bond donors (Lipinski definition) is 1. The third-order valence-corrected chi connectivity index (χ3v) is 6.76. The molecule has 1 aromatic rings. The standard InChI is InChI=1S/C14H19BrClNO2S/c15-10-14(7-2-1-3-8-14)11-17-20(18,19)13-6-4-5-12(16)9-13/h4-6,9,17H,1-3,7-8,10-11H2. The summed E-state index contributed by atoms with van der Waals surface area (Å²) in [5.74, 6) is 0. The number of benzene rings is 1. The largest absolute Gasteiger partial charge is 0.240 e. The molecule has 0 heterocycles. The van der Waals surface area contributed by atoms with Crippen LogP contribution in [0.5, 0.6) is 0 Å². The van der Waals surface area contributed by atoms with E-state index < -0.39 is 10.0 Å². The lowest BCUT2D eigenvalue weighted by Crippen LogP contribution is -2.40. The van der Waals surface area contributed by atoms with Crippen molar-refractivity contribution in [3.05, 3.63) is 29.3 Å². The smallest absolute Gasteiger partial charge is 0.211 e. The Kier molecular flexibility index (Phi) is 5.51. The van der Waals surface area contributed by atoms with E-state index in [1.54, 1.807) is 18.2 Å². The van der Waals surface area contributed by atoms with Crippen molar-refractivity contribution in [1.29, 1.82) is 0 Å². The summed E-state index contributed by atoms with van der Waals surface area (Å²) in [4.78, 5) is 0.227. The Morgan fingerprint density at radius 2 is 1.95 bits per heavy atom. The topological polar surface area (TPSA) is 46.2 Å². The average Bonchev–Trinajstić information content (AvgIpc) is 2.46. The van der Waals surface area contributed by atoms with Gasteiger partial charge in [0.2, 0.25) is 10.0 Å². The van der Waals surface area contributed by atoms with E-state index in [2.05, 4.69) is 20.7 Å². The Morgan fingerprint density at radius 3 is 2.55 bits per heavy atom. The van der Waals surface area contributed by atoms with Crippen LogP contribution in [0.15, 0.2) is 29.2 Å². The second-order valence-corrected chi connectivity index (χ2v) is 8.24. The van der Waals surface area contributed by atoms with E-state index in [0.29, 0.717) is 11.6 Å². The molecule has 2 rings (SSSR count). The average molecular weight is 381 g/mol. The lowest BCUT2D eigenvalue weighted by molar-refractivity contribution is 0.227. The quantitative estimate of drug-likeness (QED) is 0.786. The van der Waals surface area contributed by atoms with Gasteiger partial charge in [-0.2, -0.15) is 0 Å². The van der Waals surface area contributed by atoms with Crippen LogP contribution in [0.1, 0.15) is 32.1 Å². The zero-order valence-electron chi connectivity index (χ0n) is 11.2. The van der Waals surface area contributed by atoms with Crippen LogP contribution >= 0.6 is 27.5 Å². The van der Waals surface area contributed by atoms with Gasteiger partial charge < -0.3 is 0 Å². The zero-order valence-corrected chi connectivity index (χ0v) is 14.4. The molecule has 1 N–H and O–H groups in total. The Morgan fingerprint density at radius 1 is 1.25 bits per heavy atom. The number of nitrogens with one attached hydrogen (secondary N) is 1. The maximum absolute atomic E-state index is 12.3. The van der Waals surface area contributed by atoms with Gasteiger partial charge >= 0.3 is 0 Å². The molecule has 0 radical (unpaired) electrons. The zero-order chi connectivity index (χ0) is 14.6. The van der Waals surface area contributed by atoms with E-state index in [4.69, 9.17) is 11.6 Å². The number of rotatable bonds is 5. The maximum atomic E-state index is 12.3. The normalized spacial score (nSPS) is 18.9. The fourth-order valence-corrected chi connectivity index (χ4v) is 4.84. The van der Waals surface area contributed by atoms with Gasteiger partial charge in [-0.15, -0.1) is 0 Å². The number of alkyl halides is 1. The third-order valence-electron chi connectivity index (χ3n) is 3.94. The van der Waals surface area contributed by atoms with Crippen molar-refractivity contribution in [1.82, 2.24) is 4.72 Å². The fourth-order valence-electron chi connectivity index (χ4n) is 2.63. The van der Waals surface area contributed by atoms with E-state index in [0.717, 1.165) is 18.2 Å². The molecule has 0 spiro atoms. The molecule has 1 aromatic carbocycles. The molecule has 0 atom stereocenters. The highest BCUT2D eigenvalue weighted by molar-refractivity contribution is 9.09. The molecule has 0 aromatic heterocycles. The molecule has 0 saturated heterocycles. The minimum atomic E-state index is -3.49. The minimum Gasteiger partial charge on any atom is -0.211 e. The van der Waals surface area contributed by atoms with Gasteiger partial charge in [0.15, 0.2) is 0 Å². The Labute approximate surface area is 134 Å². The molecule has 0 aliphatic heterocycles. The summed E-state index contributed by atoms with van der Waals surface area (Å²) in [7, 11) is -3.49. The van der Waals surface area contributed by atoms with Crippen molar-refractivity contribution >= 4 is 37.6 Å². The monoisotopic (exact) mass is 379 g/mol. The first kappa shape index (κ1) is 16.3. The number of sulfonamides is 1. The molecule has 1 fully saturated rings. The minimum absolute atomic E-state index is 0.0455. The van der Waals surface area contributed by atoms with Crippen molar-refractivity contribution < 1.29 is 8.42 Å². The van der Waals surface area contributed by atoms with Crippen molar-refractivity contribution in [2.24, 2.45) is 5.41 Å². The van der Waals surface area contributed by atoms with Gasteiger partial charge in [-0.3, -0.25) is 0 Å². The third kappa shape index (κ3) is 3.97. The van der Waals surface area contributed by atoms with Gasteiger partial charge in [0.25, 0.3) is 0 Å². The van der Waals surface area contributed by atoms with Crippen molar-refractivity contribution in [2.45, 2.75) is 37.0 Å². The summed E-state index contributed by atoms with van der Waals surface area (Å²) in [5, 5.41) is 1.26. The van der Waals surface area contributed by atoms with Gasteiger partial charge in [-0.05, 0) is 36.5 Å². The van der Waals surface area contributed by atoms with E-state index >= 15 is 0 Å². The van der Waals surface area contributed by atoms with Gasteiger partial charge in [0, 0.05) is 16.9 Å². The van der Waals surface area contributed by atoms with Crippen LogP contribution in [0.3, 0.4) is 0 Å². The van der Waals surface area contributed by atoms with Gasteiger partial charge in [-0.1, -0.05) is 52.9 Å². The molecular weight excluding hydrogens is 362 g/mol. The SMILES string of the molecule is O=S(=O)(NCC1(CBr)CCCCC1)c1cccc(Cl)c1. The van der Waals surface area contributed by atoms with Gasteiger partial charge in [0.05, 0.1) is 4.90 Å². The van der Waals surface area contributed by atoms with Crippen molar-refractivity contribution in [3.63, 3.8) is 0 Å². The highest BCUT2D eigenvalue weighted by atomic mass is 79.9. The molecule has 1 aliphatic rings. The summed E-state index contributed by atoms with van der Waals surface area (Å²) in [6.45, 7) is 0.479. The summed E-state index contributed by atoms with van der Waals surface area (Å²) in [6.07, 6.45) is 5.72. The summed E-state index contributed by atoms with van der Waals surface area (Å²) in [5.41, 5.74) is 0.0455. The molecule has 3 nitrogen and oxygen atoms in total. The molecule has 112 valence electrons. The maximum Gasteiger partial charge on any atom is 0.240 e. The van der Waals surface area contributed by atoms with Crippen molar-refractivity contribution in [3.8, 4) is 0 Å². The van der Waals surface area contributed by atoms with Crippen LogP contribution < -0.4 is 4.72 Å². The summed E-state index contributed by atoms with van der Waals surface area (Å²) < 4.78 is 27.3. The molecule has 20 heavy (non-hydrogen) atoms. The highest BCUT2D eigenvalue weighted by Crippen LogP contribution is 2.37. The molecule has 0 bridgehead atoms. The fraction of sp³-hybridized carbons (Fsp3) is 0.571. The van der Waals surface area contributed by atoms with E-state index in [1.807, 2.05) is 0 Å². The Bertz CT molecular complexity index is 556. The second-order valence-electron chi connectivity index (χ2n) is 5.48. The summed E-state index contributed by atoms with van der Waals surface area (Å²) >= 11 is 9.40. The number of hydrogen-bond acceptors (Lipinski definition) is 2. The van der Waals surface area contributed by atoms with Gasteiger partial charge in [-0.25, -0.2) is 13.1 Å². The first-order valence-electron chi connectivity index (χ1n) is 6.79. The van der Waals surface area contributed by atoms with E-state index in [9.17, 15) is 8.42 Å². The lowest BCUT2D eigenvalue weighted by atomic mass is 9.76. The van der Waals surface area contributed by atoms with Crippen LogP contribution in [0.25, 0.3) is 0 Å². The Balaban J connectivity index is 2.08. The van der Waals surface area contributed by atoms with Gasteiger partial charge in [0.1, 0.15) is 0 Å². The highest BCUT2D eigenvalue weighted by Gasteiger charge is 2.32. The van der Waals surface area contributed by atoms with E-state index in [1.165, 1.54) is 25.3 Å². The summed E-state index contributed by atoms with van der Waals surface area (Å²) in [6, 6.07) is 6.36. The second kappa shape index (κ2) is 6.77. The molecular formula is C14H19BrClNO2S. The molecule has 0 amide bonds. The molecule has 1 saturated carbocycles. The lowest BCUT2D eigenvalue weighted by Gasteiger charge is -2.35. The van der Waals surface area contributed by atoms with Crippen LogP contribution in [-0.2, 0) is 10.0 Å². The molecule has 1 aliphatic carbocycles.